The number of fused-ring (bicyclic) bond motifs is 2. The third kappa shape index (κ3) is 3.06. The number of likely N-dealkylation sites (tertiary alicyclic amines) is 1. The van der Waals surface area contributed by atoms with Crippen molar-refractivity contribution in [2.75, 3.05) is 19.7 Å². The lowest BCUT2D eigenvalue weighted by atomic mass is 9.82. The molecule has 0 radical (unpaired) electrons. The van der Waals surface area contributed by atoms with Crippen LogP contribution in [0, 0.1) is 0 Å². The average molecular weight is 400 g/mol. The number of amides is 2. The van der Waals surface area contributed by atoms with Crippen LogP contribution in [-0.2, 0) is 16.8 Å². The molecule has 6 nitrogen and oxygen atoms in total. The molecule has 7 heteroatoms. The molecule has 2 fully saturated rings. The number of aromatic amines is 1. The number of nitrogens with zero attached hydrogens (tertiary/aromatic N) is 1. The molecule has 5 rings (SSSR count). The van der Waals surface area contributed by atoms with Gasteiger partial charge in [0.15, 0.2) is 0 Å². The van der Waals surface area contributed by atoms with Gasteiger partial charge in [-0.1, -0.05) is 0 Å². The van der Waals surface area contributed by atoms with Crippen LogP contribution in [0.2, 0.25) is 0 Å². The predicted molar refractivity (Wildman–Crippen MR) is 107 cm³/mol. The summed E-state index contributed by atoms with van der Waals surface area (Å²) in [7, 11) is 0. The van der Waals surface area contributed by atoms with Crippen molar-refractivity contribution in [3.8, 4) is 0 Å². The maximum absolute atomic E-state index is 12.6. The first-order valence-corrected chi connectivity index (χ1v) is 11.0. The molecule has 1 saturated carbocycles. The Morgan fingerprint density at radius 3 is 2.79 bits per heavy atom. The molecule has 0 unspecified atom stereocenters. The first-order valence-electron chi connectivity index (χ1n) is 10.2. The quantitative estimate of drug-likeness (QED) is 0.833. The molecule has 2 aromatic rings. The van der Waals surface area contributed by atoms with Crippen molar-refractivity contribution in [1.82, 2.24) is 15.2 Å². The fourth-order valence-electron chi connectivity index (χ4n) is 4.46. The minimum atomic E-state index is -0.356. The fraction of sp³-hybridized carbons (Fsp3) is 0.524. The number of hydrogen-bond acceptors (Lipinski definition) is 4. The number of hydrogen-bond donors (Lipinski definition) is 2. The minimum absolute atomic E-state index is 0.0433. The molecule has 0 aromatic carbocycles. The van der Waals surface area contributed by atoms with E-state index in [9.17, 15) is 9.59 Å². The van der Waals surface area contributed by atoms with Crippen LogP contribution >= 0.6 is 11.3 Å². The zero-order valence-electron chi connectivity index (χ0n) is 15.8. The van der Waals surface area contributed by atoms with Gasteiger partial charge >= 0.3 is 0 Å². The van der Waals surface area contributed by atoms with Gasteiger partial charge in [-0.25, -0.2) is 0 Å². The van der Waals surface area contributed by atoms with E-state index >= 15 is 0 Å². The van der Waals surface area contributed by atoms with Gasteiger partial charge in [-0.15, -0.1) is 11.3 Å². The summed E-state index contributed by atoms with van der Waals surface area (Å²) in [5.74, 6) is 0.0976. The molecule has 4 heterocycles. The van der Waals surface area contributed by atoms with Gasteiger partial charge in [0.1, 0.15) is 5.69 Å². The monoisotopic (exact) mass is 399 g/mol. The molecular formula is C21H25N3O3S. The Morgan fingerprint density at radius 2 is 2.11 bits per heavy atom. The van der Waals surface area contributed by atoms with Gasteiger partial charge in [0, 0.05) is 36.6 Å². The van der Waals surface area contributed by atoms with E-state index < -0.39 is 0 Å². The van der Waals surface area contributed by atoms with Crippen LogP contribution in [0.5, 0.6) is 0 Å². The largest absolute Gasteiger partial charge is 0.370 e. The topological polar surface area (TPSA) is 74.4 Å². The zero-order chi connectivity index (χ0) is 19.1. The molecule has 0 bridgehead atoms. The first kappa shape index (κ1) is 17.9. The second-order valence-electron chi connectivity index (χ2n) is 8.02. The fourth-order valence-corrected chi connectivity index (χ4v) is 5.59. The molecular weight excluding hydrogens is 374 g/mol. The summed E-state index contributed by atoms with van der Waals surface area (Å²) >= 11 is 1.62. The van der Waals surface area contributed by atoms with Crippen molar-refractivity contribution in [1.29, 1.82) is 0 Å². The first-order chi connectivity index (χ1) is 13.6. The summed E-state index contributed by atoms with van der Waals surface area (Å²) in [5, 5.41) is 3.15. The molecule has 3 aliphatic rings. The van der Waals surface area contributed by atoms with Crippen LogP contribution in [-0.4, -0.2) is 47.4 Å². The van der Waals surface area contributed by atoms with Crippen LogP contribution in [0.3, 0.4) is 0 Å². The summed E-state index contributed by atoms with van der Waals surface area (Å²) in [6, 6.07) is 6.05. The van der Waals surface area contributed by atoms with Gasteiger partial charge in [-0.3, -0.25) is 9.59 Å². The smallest absolute Gasteiger partial charge is 0.270 e. The second kappa shape index (κ2) is 7.04. The molecule has 2 aliphatic heterocycles. The Balaban J connectivity index is 1.32. The van der Waals surface area contributed by atoms with Crippen molar-refractivity contribution >= 4 is 23.2 Å². The van der Waals surface area contributed by atoms with E-state index in [1.54, 1.807) is 17.5 Å². The SMILES string of the molecule is O=C(NC1CCC1)c1cc2c(s1)CCOC21CCN(C(=O)c2ccc[nH]2)CC1. The molecule has 2 N–H and O–H groups in total. The molecule has 28 heavy (non-hydrogen) atoms. The number of carbonyl (C=O) groups is 2. The van der Waals surface area contributed by atoms with Gasteiger partial charge in [0.05, 0.1) is 17.1 Å². The third-order valence-corrected chi connectivity index (χ3v) is 7.55. The van der Waals surface area contributed by atoms with E-state index in [1.807, 2.05) is 17.0 Å². The predicted octanol–water partition coefficient (Wildman–Crippen LogP) is 3.06. The molecule has 1 spiro atoms. The minimum Gasteiger partial charge on any atom is -0.370 e. The maximum Gasteiger partial charge on any atom is 0.270 e. The summed E-state index contributed by atoms with van der Waals surface area (Å²) in [5.41, 5.74) is 1.45. The summed E-state index contributed by atoms with van der Waals surface area (Å²) in [4.78, 5) is 32.2. The van der Waals surface area contributed by atoms with E-state index in [-0.39, 0.29) is 17.4 Å². The van der Waals surface area contributed by atoms with Crippen molar-refractivity contribution in [3.05, 3.63) is 45.4 Å². The highest BCUT2D eigenvalue weighted by atomic mass is 32.1. The van der Waals surface area contributed by atoms with Gasteiger partial charge < -0.3 is 19.9 Å². The lowest BCUT2D eigenvalue weighted by molar-refractivity contribution is -0.0926. The number of nitrogens with one attached hydrogen (secondary N) is 2. The van der Waals surface area contributed by atoms with E-state index in [0.29, 0.717) is 31.4 Å². The number of aromatic nitrogens is 1. The van der Waals surface area contributed by atoms with Gasteiger partial charge in [-0.2, -0.15) is 0 Å². The van der Waals surface area contributed by atoms with E-state index in [2.05, 4.69) is 16.4 Å². The molecule has 148 valence electrons. The highest BCUT2D eigenvalue weighted by molar-refractivity contribution is 7.14. The van der Waals surface area contributed by atoms with Crippen LogP contribution in [0.1, 0.15) is 62.7 Å². The van der Waals surface area contributed by atoms with Crippen molar-refractivity contribution in [2.45, 2.75) is 50.2 Å². The Morgan fingerprint density at radius 1 is 1.29 bits per heavy atom. The van der Waals surface area contributed by atoms with E-state index in [4.69, 9.17) is 4.74 Å². The number of ether oxygens (including phenoxy) is 1. The number of H-pyrrole nitrogens is 1. The molecule has 0 atom stereocenters. The van der Waals surface area contributed by atoms with Gasteiger partial charge in [-0.05, 0) is 55.9 Å². The van der Waals surface area contributed by atoms with Crippen LogP contribution in [0.4, 0.5) is 0 Å². The lowest BCUT2D eigenvalue weighted by Crippen LogP contribution is -2.48. The summed E-state index contributed by atoms with van der Waals surface area (Å²) < 4.78 is 6.29. The molecule has 1 aliphatic carbocycles. The normalized spacial score (nSPS) is 21.2. The second-order valence-corrected chi connectivity index (χ2v) is 9.15. The maximum atomic E-state index is 12.6. The number of thiophene rings is 1. The third-order valence-electron chi connectivity index (χ3n) is 6.36. The highest BCUT2D eigenvalue weighted by Crippen LogP contribution is 2.44. The van der Waals surface area contributed by atoms with E-state index in [1.165, 1.54) is 16.9 Å². The molecule has 1 saturated heterocycles. The van der Waals surface area contributed by atoms with Crippen LogP contribution in [0.15, 0.2) is 24.4 Å². The van der Waals surface area contributed by atoms with Gasteiger partial charge in [0.25, 0.3) is 11.8 Å². The Bertz CT molecular complexity index is 877. The average Bonchev–Trinajstić information content (AvgIpc) is 3.35. The molecule has 2 aromatic heterocycles. The van der Waals surface area contributed by atoms with Crippen molar-refractivity contribution < 1.29 is 14.3 Å². The molecule has 2 amide bonds. The highest BCUT2D eigenvalue weighted by Gasteiger charge is 2.43. The van der Waals surface area contributed by atoms with Crippen LogP contribution < -0.4 is 5.32 Å². The number of carbonyl (C=O) groups excluding carboxylic acids is 2. The zero-order valence-corrected chi connectivity index (χ0v) is 16.6. The standard InChI is InChI=1S/C21H25N3O3S/c25-19(23-14-3-1-4-14)18-13-15-17(28-18)6-12-27-21(15)7-10-24(11-8-21)20(26)16-5-2-9-22-16/h2,5,9,13-14,22H,1,3-4,6-8,10-12H2,(H,23,25). The number of piperidine rings is 1. The van der Waals surface area contributed by atoms with Gasteiger partial charge in [0.2, 0.25) is 0 Å². The lowest BCUT2D eigenvalue weighted by Gasteiger charge is -2.44. The summed E-state index contributed by atoms with van der Waals surface area (Å²) in [6.45, 7) is 2.01. The Labute approximate surface area is 168 Å². The van der Waals surface area contributed by atoms with Crippen molar-refractivity contribution in [2.24, 2.45) is 0 Å². The van der Waals surface area contributed by atoms with Crippen LogP contribution in [0.25, 0.3) is 0 Å². The Kier molecular flexibility index (Phi) is 4.51. The summed E-state index contributed by atoms with van der Waals surface area (Å²) in [6.07, 6.45) is 7.57. The van der Waals surface area contributed by atoms with Crippen molar-refractivity contribution in [3.63, 3.8) is 0 Å². The van der Waals surface area contributed by atoms with E-state index in [0.717, 1.165) is 37.0 Å². The number of rotatable bonds is 3. The Hall–Kier alpha value is -2.12.